The summed E-state index contributed by atoms with van der Waals surface area (Å²) in [7, 11) is -0.394. The van der Waals surface area contributed by atoms with Crippen LogP contribution in [0.25, 0.3) is 0 Å². The molecule has 9 heteroatoms. The number of guanidine groups is 1. The summed E-state index contributed by atoms with van der Waals surface area (Å²) in [5.41, 5.74) is 1.92. The van der Waals surface area contributed by atoms with Crippen molar-refractivity contribution >= 4 is 27.6 Å². The molecule has 0 heterocycles. The predicted octanol–water partition coefficient (Wildman–Crippen LogP) is 1.90. The van der Waals surface area contributed by atoms with E-state index in [9.17, 15) is 8.42 Å². The fourth-order valence-corrected chi connectivity index (χ4v) is 3.16. The van der Waals surface area contributed by atoms with Crippen LogP contribution in [0.3, 0.4) is 0 Å². The van der Waals surface area contributed by atoms with Crippen LogP contribution in [0.4, 0.5) is 0 Å². The van der Waals surface area contributed by atoms with Gasteiger partial charge in [-0.2, -0.15) is 0 Å². The lowest BCUT2D eigenvalue weighted by Crippen LogP contribution is -2.37. The molecule has 0 bridgehead atoms. The van der Waals surface area contributed by atoms with E-state index in [1.54, 1.807) is 32.4 Å². The highest BCUT2D eigenvalue weighted by Gasteiger charge is 2.07. The molecule has 0 saturated heterocycles. The van der Waals surface area contributed by atoms with E-state index >= 15 is 0 Å². The Morgan fingerprint density at radius 1 is 1.19 bits per heavy atom. The normalized spacial score (nSPS) is 11.9. The van der Waals surface area contributed by atoms with Crippen molar-refractivity contribution in [2.75, 3.05) is 20.7 Å². The van der Waals surface area contributed by atoms with Crippen molar-refractivity contribution in [2.24, 2.45) is 10.1 Å². The van der Waals surface area contributed by atoms with Gasteiger partial charge in [-0.25, -0.2) is 13.6 Å². The van der Waals surface area contributed by atoms with E-state index in [-0.39, 0.29) is 4.90 Å². The third-order valence-electron chi connectivity index (χ3n) is 3.88. The number of ether oxygens (including phenoxy) is 1. The van der Waals surface area contributed by atoms with E-state index in [1.807, 2.05) is 12.1 Å². The van der Waals surface area contributed by atoms with E-state index in [1.165, 1.54) is 12.1 Å². The maximum atomic E-state index is 11.3. The monoisotopic (exact) mass is 410 g/mol. The largest absolute Gasteiger partial charge is 0.497 e. The number of nitrogens with two attached hydrogens (primary N) is 1. The average molecular weight is 411 g/mol. The van der Waals surface area contributed by atoms with E-state index in [2.05, 4.69) is 15.6 Å². The van der Waals surface area contributed by atoms with Crippen LogP contribution >= 0.6 is 11.6 Å². The molecule has 4 N–H and O–H groups in total. The fraction of sp³-hybridized carbons (Fsp3) is 0.278. The summed E-state index contributed by atoms with van der Waals surface area (Å²) >= 11 is 6.24. The summed E-state index contributed by atoms with van der Waals surface area (Å²) in [6.07, 6.45) is 0.729. The van der Waals surface area contributed by atoms with E-state index in [0.29, 0.717) is 24.1 Å². The number of nitrogens with zero attached hydrogens (tertiary/aromatic N) is 1. The molecule has 0 fully saturated rings. The summed E-state index contributed by atoms with van der Waals surface area (Å²) in [6, 6.07) is 12.0. The lowest BCUT2D eigenvalue weighted by Gasteiger charge is -2.13. The molecule has 0 spiro atoms. The van der Waals surface area contributed by atoms with Crippen molar-refractivity contribution in [1.82, 2.24) is 10.6 Å². The number of hydrogen-bond acceptors (Lipinski definition) is 4. The smallest absolute Gasteiger partial charge is 0.238 e. The number of benzene rings is 2. The Morgan fingerprint density at radius 2 is 1.89 bits per heavy atom. The molecule has 146 valence electrons. The molecule has 0 aliphatic rings. The fourth-order valence-electron chi connectivity index (χ4n) is 2.38. The van der Waals surface area contributed by atoms with Gasteiger partial charge < -0.3 is 15.4 Å². The van der Waals surface area contributed by atoms with Crippen molar-refractivity contribution in [3.63, 3.8) is 0 Å². The van der Waals surface area contributed by atoms with Gasteiger partial charge in [0.2, 0.25) is 10.0 Å². The van der Waals surface area contributed by atoms with Crippen molar-refractivity contribution in [2.45, 2.75) is 17.9 Å². The summed E-state index contributed by atoms with van der Waals surface area (Å²) in [5.74, 6) is 1.36. The van der Waals surface area contributed by atoms with Crippen LogP contribution in [0.2, 0.25) is 5.02 Å². The second-order valence-corrected chi connectivity index (χ2v) is 7.72. The minimum Gasteiger partial charge on any atom is -0.497 e. The number of halogens is 1. The molecule has 0 amide bonds. The van der Waals surface area contributed by atoms with Gasteiger partial charge in [0.1, 0.15) is 5.75 Å². The summed E-state index contributed by atoms with van der Waals surface area (Å²) in [6.45, 7) is 1.14. The Morgan fingerprint density at radius 3 is 2.44 bits per heavy atom. The highest BCUT2D eigenvalue weighted by Crippen LogP contribution is 2.22. The standard InChI is InChI=1S/C18H23ClN4O3S/c1-21-18(22-10-9-14-5-6-15(26-2)11-17(14)19)23-12-13-3-7-16(8-4-13)27(20,24)25/h3-8,11H,9-10,12H2,1-2H3,(H2,20,24,25)(H2,21,22,23). The number of nitrogens with one attached hydrogen (secondary N) is 2. The van der Waals surface area contributed by atoms with Gasteiger partial charge in [-0.15, -0.1) is 0 Å². The number of rotatable bonds is 7. The van der Waals surface area contributed by atoms with Crippen molar-refractivity contribution in [3.05, 3.63) is 58.6 Å². The maximum absolute atomic E-state index is 11.3. The second-order valence-electron chi connectivity index (χ2n) is 5.75. The first-order valence-electron chi connectivity index (χ1n) is 8.22. The van der Waals surface area contributed by atoms with Crippen molar-refractivity contribution in [1.29, 1.82) is 0 Å². The van der Waals surface area contributed by atoms with Crippen LogP contribution in [0, 0.1) is 0 Å². The Hall–Kier alpha value is -2.29. The third-order valence-corrected chi connectivity index (χ3v) is 5.16. The zero-order valence-electron chi connectivity index (χ0n) is 15.2. The first-order chi connectivity index (χ1) is 12.8. The topological polar surface area (TPSA) is 106 Å². The van der Waals surface area contributed by atoms with Gasteiger partial charge in [0.05, 0.1) is 12.0 Å². The average Bonchev–Trinajstić information content (AvgIpc) is 2.65. The summed E-state index contributed by atoms with van der Waals surface area (Å²) in [5, 5.41) is 12.1. The molecule has 2 rings (SSSR count). The zero-order chi connectivity index (χ0) is 19.9. The minimum atomic E-state index is -3.68. The first-order valence-corrected chi connectivity index (χ1v) is 10.1. The van der Waals surface area contributed by atoms with Crippen molar-refractivity contribution in [3.8, 4) is 5.75 Å². The van der Waals surface area contributed by atoms with Crippen LogP contribution < -0.4 is 20.5 Å². The molecule has 2 aromatic carbocycles. The highest BCUT2D eigenvalue weighted by molar-refractivity contribution is 7.89. The number of primary sulfonamides is 1. The van der Waals surface area contributed by atoms with Crippen LogP contribution in [0.1, 0.15) is 11.1 Å². The quantitative estimate of drug-likeness (QED) is 0.477. The molecule has 0 unspecified atom stereocenters. The SMILES string of the molecule is CN=C(NCCc1ccc(OC)cc1Cl)NCc1ccc(S(N)(=O)=O)cc1. The lowest BCUT2D eigenvalue weighted by atomic mass is 10.1. The van der Waals surface area contributed by atoms with Crippen molar-refractivity contribution < 1.29 is 13.2 Å². The Balaban J connectivity index is 1.84. The molecular weight excluding hydrogens is 388 g/mol. The molecular formula is C18H23ClN4O3S. The highest BCUT2D eigenvalue weighted by atomic mass is 35.5. The number of methoxy groups -OCH3 is 1. The maximum Gasteiger partial charge on any atom is 0.238 e. The summed E-state index contributed by atoms with van der Waals surface area (Å²) in [4.78, 5) is 4.25. The van der Waals surface area contributed by atoms with E-state index < -0.39 is 10.0 Å². The van der Waals surface area contributed by atoms with E-state index in [4.69, 9.17) is 21.5 Å². The molecule has 0 aliphatic carbocycles. The Labute approximate surface area is 164 Å². The number of sulfonamides is 1. The lowest BCUT2D eigenvalue weighted by molar-refractivity contribution is 0.414. The zero-order valence-corrected chi connectivity index (χ0v) is 16.8. The van der Waals surface area contributed by atoms with Gasteiger partial charge in [0, 0.05) is 25.2 Å². The molecule has 0 radical (unpaired) electrons. The van der Waals surface area contributed by atoms with Crippen LogP contribution in [0.15, 0.2) is 52.4 Å². The Kier molecular flexibility index (Phi) is 7.46. The van der Waals surface area contributed by atoms with Gasteiger partial charge in [-0.05, 0) is 41.8 Å². The second kappa shape index (κ2) is 9.59. The molecule has 2 aromatic rings. The van der Waals surface area contributed by atoms with Gasteiger partial charge >= 0.3 is 0 Å². The molecule has 27 heavy (non-hydrogen) atoms. The van der Waals surface area contributed by atoms with Gasteiger partial charge in [0.15, 0.2) is 5.96 Å². The van der Waals surface area contributed by atoms with Crippen LogP contribution in [0.5, 0.6) is 5.75 Å². The molecule has 0 atom stereocenters. The molecule has 0 saturated carbocycles. The molecule has 7 nitrogen and oxygen atoms in total. The Bertz CT molecular complexity index is 899. The molecule has 0 aromatic heterocycles. The minimum absolute atomic E-state index is 0.0881. The number of aliphatic imine (C=N–C) groups is 1. The summed E-state index contributed by atoms with van der Waals surface area (Å²) < 4.78 is 27.7. The van der Waals surface area contributed by atoms with Gasteiger partial charge in [-0.3, -0.25) is 4.99 Å². The third kappa shape index (κ3) is 6.42. The first kappa shape index (κ1) is 21.0. The van der Waals surface area contributed by atoms with Gasteiger partial charge in [-0.1, -0.05) is 29.8 Å². The molecule has 0 aliphatic heterocycles. The van der Waals surface area contributed by atoms with Crippen LogP contribution in [-0.2, 0) is 23.0 Å². The van der Waals surface area contributed by atoms with E-state index in [0.717, 1.165) is 23.3 Å². The number of hydrogen-bond donors (Lipinski definition) is 3. The van der Waals surface area contributed by atoms with Crippen LogP contribution in [-0.4, -0.2) is 35.1 Å². The predicted molar refractivity (Wildman–Crippen MR) is 108 cm³/mol. The van der Waals surface area contributed by atoms with Gasteiger partial charge in [0.25, 0.3) is 0 Å².